The van der Waals surface area contributed by atoms with Crippen LogP contribution in [0.3, 0.4) is 0 Å². The standard InChI is InChI=1S/C6H9N3.C5H10O/c7-4-2-1-3-5(8)6(4)9;1-3-5(6)4-2/h1-3H,7-9H2;3-4H2,1-2H3. The molecule has 0 unspecified atom stereocenters. The van der Waals surface area contributed by atoms with Crippen LogP contribution in [-0.4, -0.2) is 5.78 Å². The second-order valence-electron chi connectivity index (χ2n) is 3.10. The Labute approximate surface area is 90.4 Å². The van der Waals surface area contributed by atoms with Gasteiger partial charge in [0.2, 0.25) is 0 Å². The van der Waals surface area contributed by atoms with Crippen molar-refractivity contribution in [2.75, 3.05) is 17.2 Å². The fraction of sp³-hybridized carbons (Fsp3) is 0.364. The SMILES string of the molecule is CCC(=O)CC.Nc1cccc(N)c1N. The lowest BCUT2D eigenvalue weighted by atomic mass is 10.2. The van der Waals surface area contributed by atoms with Gasteiger partial charge in [0, 0.05) is 12.8 Å². The number of hydrogen-bond acceptors (Lipinski definition) is 4. The average Bonchev–Trinajstić information content (AvgIpc) is 2.25. The summed E-state index contributed by atoms with van der Waals surface area (Å²) in [4.78, 5) is 10.2. The molecule has 0 saturated heterocycles. The van der Waals surface area contributed by atoms with Crippen LogP contribution in [0.15, 0.2) is 18.2 Å². The van der Waals surface area contributed by atoms with Crippen LogP contribution in [0.2, 0.25) is 0 Å². The maximum atomic E-state index is 10.2. The van der Waals surface area contributed by atoms with Crippen molar-refractivity contribution in [3.63, 3.8) is 0 Å². The number of Topliss-reactive ketones (excluding diaryl/α,β-unsaturated/α-hetero) is 1. The Balaban J connectivity index is 0.000000288. The third-order valence-corrected chi connectivity index (χ3v) is 1.96. The Bertz CT molecular complexity index is 297. The molecular weight excluding hydrogens is 190 g/mol. The molecule has 0 aliphatic rings. The molecular formula is C11H19N3O. The van der Waals surface area contributed by atoms with E-state index in [2.05, 4.69) is 0 Å². The molecule has 0 aliphatic heterocycles. The van der Waals surface area contributed by atoms with Crippen molar-refractivity contribution in [2.45, 2.75) is 26.7 Å². The molecule has 0 spiro atoms. The molecule has 6 N–H and O–H groups in total. The van der Waals surface area contributed by atoms with E-state index in [-0.39, 0.29) is 0 Å². The monoisotopic (exact) mass is 209 g/mol. The molecule has 15 heavy (non-hydrogen) atoms. The van der Waals surface area contributed by atoms with Gasteiger partial charge in [-0.3, -0.25) is 4.79 Å². The molecule has 0 amide bonds. The van der Waals surface area contributed by atoms with Crippen molar-refractivity contribution >= 4 is 22.8 Å². The fourth-order valence-electron chi connectivity index (χ4n) is 0.852. The number of carbonyl (C=O) groups is 1. The summed E-state index contributed by atoms with van der Waals surface area (Å²) in [5.74, 6) is 0.343. The van der Waals surface area contributed by atoms with E-state index in [4.69, 9.17) is 17.2 Å². The third kappa shape index (κ3) is 4.90. The predicted octanol–water partition coefficient (Wildman–Crippen LogP) is 1.81. The van der Waals surface area contributed by atoms with Gasteiger partial charge in [0.1, 0.15) is 5.78 Å². The van der Waals surface area contributed by atoms with E-state index in [0.717, 1.165) is 0 Å². The van der Waals surface area contributed by atoms with Gasteiger partial charge in [0.15, 0.2) is 0 Å². The van der Waals surface area contributed by atoms with Crippen LogP contribution in [0.1, 0.15) is 26.7 Å². The number of benzene rings is 1. The molecule has 4 heteroatoms. The molecule has 0 atom stereocenters. The number of nitrogens with two attached hydrogens (primary N) is 3. The zero-order valence-electron chi connectivity index (χ0n) is 9.29. The number of anilines is 3. The topological polar surface area (TPSA) is 95.1 Å². The first kappa shape index (κ1) is 13.3. The molecule has 84 valence electrons. The Morgan fingerprint density at radius 1 is 1.07 bits per heavy atom. The van der Waals surface area contributed by atoms with Gasteiger partial charge in [-0.2, -0.15) is 0 Å². The lowest BCUT2D eigenvalue weighted by molar-refractivity contribution is -0.118. The van der Waals surface area contributed by atoms with E-state index in [1.165, 1.54) is 0 Å². The fourth-order valence-corrected chi connectivity index (χ4v) is 0.852. The Kier molecular flexibility index (Phi) is 5.94. The summed E-state index contributed by atoms with van der Waals surface area (Å²) >= 11 is 0. The zero-order chi connectivity index (χ0) is 11.8. The first-order chi connectivity index (χ1) is 7.02. The lowest BCUT2D eigenvalue weighted by Gasteiger charge is -2.00. The van der Waals surface area contributed by atoms with Crippen molar-refractivity contribution in [2.24, 2.45) is 0 Å². The minimum absolute atomic E-state index is 0.343. The Morgan fingerprint density at radius 2 is 1.47 bits per heavy atom. The molecule has 0 bridgehead atoms. The van der Waals surface area contributed by atoms with Crippen molar-refractivity contribution in [3.8, 4) is 0 Å². The number of para-hydroxylation sites is 1. The van der Waals surface area contributed by atoms with Gasteiger partial charge in [-0.05, 0) is 12.1 Å². The summed E-state index contributed by atoms with van der Waals surface area (Å²) in [5, 5.41) is 0. The zero-order valence-corrected chi connectivity index (χ0v) is 9.29. The summed E-state index contributed by atoms with van der Waals surface area (Å²) in [5.41, 5.74) is 17.8. The van der Waals surface area contributed by atoms with Gasteiger partial charge in [-0.15, -0.1) is 0 Å². The number of hydrogen-bond donors (Lipinski definition) is 3. The van der Waals surface area contributed by atoms with Gasteiger partial charge in [-0.25, -0.2) is 0 Å². The van der Waals surface area contributed by atoms with Crippen molar-refractivity contribution in [1.29, 1.82) is 0 Å². The van der Waals surface area contributed by atoms with E-state index in [9.17, 15) is 4.79 Å². The summed E-state index contributed by atoms with van der Waals surface area (Å²) in [6, 6.07) is 5.19. The molecule has 0 aromatic heterocycles. The van der Waals surface area contributed by atoms with E-state index in [1.807, 2.05) is 13.8 Å². The summed E-state index contributed by atoms with van der Waals surface area (Å²) < 4.78 is 0. The van der Waals surface area contributed by atoms with E-state index in [0.29, 0.717) is 35.7 Å². The average molecular weight is 209 g/mol. The maximum absolute atomic E-state index is 10.2. The predicted molar refractivity (Wildman–Crippen MR) is 65.3 cm³/mol. The minimum atomic E-state index is 0.343. The van der Waals surface area contributed by atoms with Crippen LogP contribution in [0.5, 0.6) is 0 Å². The van der Waals surface area contributed by atoms with Crippen LogP contribution < -0.4 is 17.2 Å². The van der Waals surface area contributed by atoms with Gasteiger partial charge in [0.25, 0.3) is 0 Å². The molecule has 0 aliphatic carbocycles. The molecule has 1 aromatic rings. The minimum Gasteiger partial charge on any atom is -0.397 e. The van der Waals surface area contributed by atoms with E-state index < -0.39 is 0 Å². The molecule has 0 saturated carbocycles. The summed E-state index contributed by atoms with van der Waals surface area (Å²) in [6.45, 7) is 3.76. The van der Waals surface area contributed by atoms with Crippen molar-refractivity contribution < 1.29 is 4.79 Å². The first-order valence-electron chi connectivity index (χ1n) is 4.94. The second kappa shape index (κ2) is 6.70. The summed E-state index contributed by atoms with van der Waals surface area (Å²) in [7, 11) is 0. The highest BCUT2D eigenvalue weighted by atomic mass is 16.1. The number of carbonyl (C=O) groups excluding carboxylic acids is 1. The number of ketones is 1. The maximum Gasteiger partial charge on any atom is 0.132 e. The number of nitrogen functional groups attached to an aromatic ring is 3. The molecule has 1 aromatic carbocycles. The molecule has 0 fully saturated rings. The highest BCUT2D eigenvalue weighted by Crippen LogP contribution is 2.20. The van der Waals surface area contributed by atoms with Gasteiger partial charge in [0.05, 0.1) is 17.1 Å². The summed E-state index contributed by atoms with van der Waals surface area (Å²) in [6.07, 6.45) is 1.38. The smallest absolute Gasteiger partial charge is 0.132 e. The Morgan fingerprint density at radius 3 is 1.67 bits per heavy atom. The largest absolute Gasteiger partial charge is 0.397 e. The van der Waals surface area contributed by atoms with Crippen molar-refractivity contribution in [3.05, 3.63) is 18.2 Å². The second-order valence-corrected chi connectivity index (χ2v) is 3.10. The van der Waals surface area contributed by atoms with Gasteiger partial charge < -0.3 is 17.2 Å². The van der Waals surface area contributed by atoms with E-state index >= 15 is 0 Å². The van der Waals surface area contributed by atoms with Crippen LogP contribution in [0.25, 0.3) is 0 Å². The Hall–Kier alpha value is -1.71. The quantitative estimate of drug-likeness (QED) is 0.647. The van der Waals surface area contributed by atoms with Crippen LogP contribution in [0, 0.1) is 0 Å². The first-order valence-corrected chi connectivity index (χ1v) is 4.94. The van der Waals surface area contributed by atoms with E-state index in [1.54, 1.807) is 18.2 Å². The highest BCUT2D eigenvalue weighted by Gasteiger charge is 1.94. The normalized spacial score (nSPS) is 8.93. The van der Waals surface area contributed by atoms with Crippen LogP contribution >= 0.6 is 0 Å². The van der Waals surface area contributed by atoms with Gasteiger partial charge >= 0.3 is 0 Å². The van der Waals surface area contributed by atoms with Crippen molar-refractivity contribution in [1.82, 2.24) is 0 Å². The van der Waals surface area contributed by atoms with Gasteiger partial charge in [-0.1, -0.05) is 19.9 Å². The molecule has 0 radical (unpaired) electrons. The number of rotatable bonds is 2. The highest BCUT2D eigenvalue weighted by molar-refractivity contribution is 5.77. The third-order valence-electron chi connectivity index (χ3n) is 1.96. The van der Waals surface area contributed by atoms with Crippen LogP contribution in [-0.2, 0) is 4.79 Å². The lowest BCUT2D eigenvalue weighted by Crippen LogP contribution is -1.98. The molecule has 0 heterocycles. The molecule has 1 rings (SSSR count). The van der Waals surface area contributed by atoms with Crippen LogP contribution in [0.4, 0.5) is 17.1 Å². The molecule has 4 nitrogen and oxygen atoms in total.